The number of aromatic nitrogens is 2. The number of carbonyl (C=O) groups is 1. The zero-order valence-electron chi connectivity index (χ0n) is 42.0. The summed E-state index contributed by atoms with van der Waals surface area (Å²) in [5, 5.41) is 31.2. The van der Waals surface area contributed by atoms with Crippen LogP contribution in [0.4, 0.5) is 31.5 Å². The molecule has 15 heteroatoms. The molecule has 6 aliphatic heterocycles. The first kappa shape index (κ1) is 48.3. The summed E-state index contributed by atoms with van der Waals surface area (Å²) in [6.45, 7) is 10.6. The van der Waals surface area contributed by atoms with Crippen molar-refractivity contribution < 1.29 is 18.6 Å². The quantitative estimate of drug-likeness (QED) is 0.186. The van der Waals surface area contributed by atoms with Gasteiger partial charge in [0.2, 0.25) is 5.91 Å². The summed E-state index contributed by atoms with van der Waals surface area (Å²) in [6, 6.07) is 21.5. The highest BCUT2D eigenvalue weighted by Crippen LogP contribution is 2.47. The van der Waals surface area contributed by atoms with Crippen molar-refractivity contribution in [3.8, 4) is 23.3 Å². The first-order chi connectivity index (χ1) is 34.9. The number of piperidine rings is 2. The van der Waals surface area contributed by atoms with Crippen LogP contribution in [0.15, 0.2) is 77.3 Å². The van der Waals surface area contributed by atoms with Crippen LogP contribution in [0, 0.1) is 39.9 Å². The minimum absolute atomic E-state index is 0.00762. The van der Waals surface area contributed by atoms with E-state index in [1.165, 1.54) is 30.0 Å². The molecular formula is C57H67ClF2N11O+. The molecule has 1 unspecified atom stereocenters. The number of benzene rings is 3. The van der Waals surface area contributed by atoms with E-state index in [1.54, 1.807) is 37.1 Å². The van der Waals surface area contributed by atoms with Crippen molar-refractivity contribution in [2.75, 3.05) is 72.0 Å². The second-order valence-corrected chi connectivity index (χ2v) is 22.5. The topological polar surface area (TPSA) is 115 Å². The molecule has 2 atom stereocenters. The zero-order valence-corrected chi connectivity index (χ0v) is 42.8. The number of carbonyl (C=O) groups excluding carboxylic acids is 1. The van der Waals surface area contributed by atoms with Crippen molar-refractivity contribution in [2.45, 2.75) is 116 Å². The molecule has 1 aromatic heterocycles. The fourth-order valence-electron chi connectivity index (χ4n) is 13.9. The molecule has 7 aliphatic rings. The lowest BCUT2D eigenvalue weighted by molar-refractivity contribution is -0.895. The van der Waals surface area contributed by atoms with Gasteiger partial charge in [0.1, 0.15) is 23.9 Å². The summed E-state index contributed by atoms with van der Waals surface area (Å²) in [5.41, 5.74) is 10.3. The van der Waals surface area contributed by atoms with Crippen LogP contribution in [0.5, 0.6) is 0 Å². The summed E-state index contributed by atoms with van der Waals surface area (Å²) in [4.78, 5) is 24.2. The third kappa shape index (κ3) is 9.23. The van der Waals surface area contributed by atoms with Gasteiger partial charge < -0.3 is 24.5 Å². The third-order valence-electron chi connectivity index (χ3n) is 17.8. The molecule has 3 saturated heterocycles. The van der Waals surface area contributed by atoms with E-state index < -0.39 is 6.43 Å². The molecule has 0 bridgehead atoms. The fourth-order valence-corrected chi connectivity index (χ4v) is 14.1. The molecule has 1 saturated carbocycles. The number of hydrogen-bond donors (Lipinski definition) is 1. The summed E-state index contributed by atoms with van der Waals surface area (Å²) < 4.78 is 31.3. The van der Waals surface area contributed by atoms with Gasteiger partial charge in [0, 0.05) is 119 Å². The van der Waals surface area contributed by atoms with Crippen LogP contribution in [-0.4, -0.2) is 90.9 Å². The van der Waals surface area contributed by atoms with Gasteiger partial charge >= 0.3 is 0 Å². The molecular weight excluding hydrogens is 928 g/mol. The second-order valence-electron chi connectivity index (χ2n) is 22.1. The van der Waals surface area contributed by atoms with E-state index in [4.69, 9.17) is 16.7 Å². The van der Waals surface area contributed by atoms with Crippen molar-refractivity contribution in [2.24, 2.45) is 29.4 Å². The van der Waals surface area contributed by atoms with Crippen LogP contribution in [-0.2, 0) is 18.3 Å². The van der Waals surface area contributed by atoms with Crippen molar-refractivity contribution in [1.82, 2.24) is 14.7 Å². The zero-order chi connectivity index (χ0) is 49.8. The SMILES string of the molecule is CC(=O)N1CCC2=C(C1)C(N1CCCc3cc(-c4cnn(C)c4)c(C(F)F)cc31)=N[NH+]2C1CCC(CC2CCN(c3ccc(N4CCC5(CC4)C[C@H](C)N(c4ccc(C#N)c(Cl)c4)C5)cc3C#N)CC2)CC1. The first-order valence-electron chi connectivity index (χ1n) is 26.5. The van der Waals surface area contributed by atoms with E-state index in [0.717, 1.165) is 142 Å². The maximum atomic E-state index is 14.8. The predicted octanol–water partition coefficient (Wildman–Crippen LogP) is 9.64. The number of fused-ring (bicyclic) bond motifs is 1. The van der Waals surface area contributed by atoms with E-state index in [2.05, 4.69) is 62.0 Å². The highest BCUT2D eigenvalue weighted by molar-refractivity contribution is 6.32. The fraction of sp³-hybridized carbons (Fsp3) is 0.526. The first-order valence-corrected chi connectivity index (χ1v) is 26.9. The maximum absolute atomic E-state index is 14.8. The van der Waals surface area contributed by atoms with Gasteiger partial charge in [-0.3, -0.25) is 9.48 Å². The third-order valence-corrected chi connectivity index (χ3v) is 18.1. The molecule has 4 fully saturated rings. The van der Waals surface area contributed by atoms with Crippen LogP contribution < -0.4 is 24.6 Å². The van der Waals surface area contributed by atoms with Gasteiger partial charge in [-0.25, -0.2) is 8.78 Å². The second kappa shape index (κ2) is 19.8. The normalized spacial score (nSPS) is 24.4. The van der Waals surface area contributed by atoms with E-state index in [1.807, 2.05) is 29.2 Å². The molecule has 376 valence electrons. The Morgan fingerprint density at radius 3 is 2.32 bits per heavy atom. The number of nitrogens with one attached hydrogen (secondary N) is 1. The van der Waals surface area contributed by atoms with Gasteiger partial charge in [0.25, 0.3) is 6.43 Å². The molecule has 3 aromatic carbocycles. The molecule has 1 N–H and O–H groups in total. The van der Waals surface area contributed by atoms with E-state index in [9.17, 15) is 24.1 Å². The Morgan fingerprint density at radius 2 is 1.62 bits per heavy atom. The summed E-state index contributed by atoms with van der Waals surface area (Å²) in [5.74, 6) is 2.24. The molecule has 11 rings (SSSR count). The number of rotatable bonds is 8. The van der Waals surface area contributed by atoms with Crippen LogP contribution in [0.2, 0.25) is 5.02 Å². The Kier molecular flexibility index (Phi) is 13.3. The number of anilines is 4. The molecule has 1 aliphatic carbocycles. The Morgan fingerprint density at radius 1 is 0.875 bits per heavy atom. The lowest BCUT2D eigenvalue weighted by atomic mass is 9.76. The van der Waals surface area contributed by atoms with Crippen molar-refractivity contribution >= 4 is 46.1 Å². The van der Waals surface area contributed by atoms with Crippen molar-refractivity contribution in [1.29, 1.82) is 10.5 Å². The highest BCUT2D eigenvalue weighted by atomic mass is 35.5. The lowest BCUT2D eigenvalue weighted by Crippen LogP contribution is -3.09. The number of quaternary nitrogens is 1. The van der Waals surface area contributed by atoms with Crippen LogP contribution in [0.3, 0.4) is 0 Å². The molecule has 1 amide bonds. The number of aryl methyl sites for hydroxylation is 2. The standard InChI is InChI=1S/C57H66ClF2N11O/c1-37-30-57(36-70(37)47-11-8-42(31-61)51(58)28-47)17-23-66(24-18-57)46-12-13-52(43(26-46)32-62)67-20-14-40(15-21-67)25-39-6-9-45(10-7-39)71-53-16-22-68(38(2)72)35-50(53)56(64-71)69-19-4-5-41-27-48(44-33-63-65(3)34-44)49(55(59)60)29-54(41)69/h8,11-13,26-29,33-34,37,39-40,45,55H,4-7,9-10,14-25,30,35-36H2,1-3H3/p+1/t37-,39?,45?/m0/s1. The number of alkyl halides is 2. The van der Waals surface area contributed by atoms with E-state index in [0.29, 0.717) is 65.3 Å². The van der Waals surface area contributed by atoms with E-state index in [-0.39, 0.29) is 16.9 Å². The number of nitriles is 2. The number of halogens is 3. The van der Waals surface area contributed by atoms with E-state index >= 15 is 0 Å². The van der Waals surface area contributed by atoms with Gasteiger partial charge in [0.05, 0.1) is 40.2 Å². The number of nitrogens with zero attached hydrogens (tertiary/aromatic N) is 10. The van der Waals surface area contributed by atoms with Gasteiger partial charge in [-0.05, 0) is 148 Å². The monoisotopic (exact) mass is 995 g/mol. The highest BCUT2D eigenvalue weighted by Gasteiger charge is 2.46. The number of amidine groups is 1. The minimum atomic E-state index is -2.64. The molecule has 0 radical (unpaired) electrons. The maximum Gasteiger partial charge on any atom is 0.264 e. The smallest absolute Gasteiger partial charge is 0.264 e. The van der Waals surface area contributed by atoms with Gasteiger partial charge in [0.15, 0.2) is 5.84 Å². The summed E-state index contributed by atoms with van der Waals surface area (Å²) in [7, 11) is 1.80. The van der Waals surface area contributed by atoms with Gasteiger partial charge in [-0.15, -0.1) is 0 Å². The Hall–Kier alpha value is -5.96. The molecule has 1 spiro atoms. The molecule has 4 aromatic rings. The Balaban J connectivity index is 0.703. The molecule has 72 heavy (non-hydrogen) atoms. The summed E-state index contributed by atoms with van der Waals surface area (Å²) >= 11 is 6.43. The van der Waals surface area contributed by atoms with Crippen LogP contribution >= 0.6 is 11.6 Å². The number of hydrogen-bond acceptors (Lipinski definition) is 9. The average molecular weight is 996 g/mol. The average Bonchev–Trinajstić information content (AvgIpc) is 4.10. The largest absolute Gasteiger partial charge is 0.371 e. The van der Waals surface area contributed by atoms with Gasteiger partial charge in [-0.1, -0.05) is 16.7 Å². The van der Waals surface area contributed by atoms with Crippen LogP contribution in [0.25, 0.3) is 11.1 Å². The van der Waals surface area contributed by atoms with Gasteiger partial charge in [-0.2, -0.15) is 20.6 Å². The minimum Gasteiger partial charge on any atom is -0.371 e. The molecule has 12 nitrogen and oxygen atoms in total. The molecule has 7 heterocycles. The van der Waals surface area contributed by atoms with Crippen LogP contribution in [0.1, 0.15) is 120 Å². The lowest BCUT2D eigenvalue weighted by Gasteiger charge is -2.41. The predicted molar refractivity (Wildman–Crippen MR) is 279 cm³/mol. The Bertz CT molecular complexity index is 2870. The van der Waals surface area contributed by atoms with Crippen molar-refractivity contribution in [3.05, 3.63) is 99.5 Å². The Labute approximate surface area is 428 Å². The summed E-state index contributed by atoms with van der Waals surface area (Å²) in [6.07, 6.45) is 14.6. The number of amides is 1. The van der Waals surface area contributed by atoms with Crippen molar-refractivity contribution in [3.63, 3.8) is 0 Å².